The Kier molecular flexibility index (Phi) is 4.26. The number of aromatic nitrogens is 5. The summed E-state index contributed by atoms with van der Waals surface area (Å²) in [7, 11) is 0. The Morgan fingerprint density at radius 2 is 1.87 bits per heavy atom. The zero-order valence-electron chi connectivity index (χ0n) is 14.8. The maximum atomic E-state index is 13.5. The van der Waals surface area contributed by atoms with Gasteiger partial charge in [-0.05, 0) is 18.2 Å². The van der Waals surface area contributed by atoms with Gasteiger partial charge in [-0.2, -0.15) is 13.2 Å². The fourth-order valence-corrected chi connectivity index (χ4v) is 2.94. The number of para-hydroxylation sites is 1. The van der Waals surface area contributed by atoms with Crippen LogP contribution in [0.3, 0.4) is 0 Å². The minimum absolute atomic E-state index is 0.124. The lowest BCUT2D eigenvalue weighted by Gasteiger charge is -2.13. The molecule has 4 N–H and O–H groups in total. The van der Waals surface area contributed by atoms with Gasteiger partial charge in [-0.1, -0.05) is 12.1 Å². The predicted molar refractivity (Wildman–Crippen MR) is 97.9 cm³/mol. The van der Waals surface area contributed by atoms with E-state index < -0.39 is 29.0 Å². The minimum atomic E-state index is -4.75. The van der Waals surface area contributed by atoms with E-state index in [9.17, 15) is 27.9 Å². The Balaban J connectivity index is 2.08. The molecule has 0 fully saturated rings. The van der Waals surface area contributed by atoms with Crippen LogP contribution in [-0.4, -0.2) is 35.5 Å². The Morgan fingerprint density at radius 1 is 1.13 bits per heavy atom. The van der Waals surface area contributed by atoms with Gasteiger partial charge in [0, 0.05) is 17.8 Å². The summed E-state index contributed by atoms with van der Waals surface area (Å²) >= 11 is 0. The maximum absolute atomic E-state index is 13.5. The number of pyridine rings is 1. The average molecular weight is 416 g/mol. The lowest BCUT2D eigenvalue weighted by molar-refractivity contribution is -0.137. The highest BCUT2D eigenvalue weighted by Crippen LogP contribution is 2.34. The highest BCUT2D eigenvalue weighted by Gasteiger charge is 2.35. The highest BCUT2D eigenvalue weighted by molar-refractivity contribution is 6.02. The molecule has 0 spiro atoms. The molecule has 4 rings (SSSR count). The monoisotopic (exact) mass is 416 g/mol. The van der Waals surface area contributed by atoms with Gasteiger partial charge in [0.2, 0.25) is 5.88 Å². The summed E-state index contributed by atoms with van der Waals surface area (Å²) in [6, 6.07) is 7.05. The lowest BCUT2D eigenvalue weighted by Crippen LogP contribution is -2.19. The third-order valence-electron chi connectivity index (χ3n) is 4.23. The van der Waals surface area contributed by atoms with Crippen molar-refractivity contribution in [2.75, 3.05) is 0 Å². The summed E-state index contributed by atoms with van der Waals surface area (Å²) in [5.41, 5.74) is 2.21. The average Bonchev–Trinajstić information content (AvgIpc) is 3.02. The van der Waals surface area contributed by atoms with Gasteiger partial charge in [-0.15, -0.1) is 0 Å². The summed E-state index contributed by atoms with van der Waals surface area (Å²) in [5.74, 6) is -1.43. The number of hydrogen-bond acceptors (Lipinski definition) is 6. The van der Waals surface area contributed by atoms with Crippen LogP contribution in [0.25, 0.3) is 28.2 Å². The van der Waals surface area contributed by atoms with E-state index in [1.54, 1.807) is 0 Å². The molecule has 0 unspecified atom stereocenters. The van der Waals surface area contributed by atoms with Crippen molar-refractivity contribution in [3.8, 4) is 23.0 Å². The van der Waals surface area contributed by atoms with E-state index in [4.69, 9.17) is 5.73 Å². The molecule has 3 aromatic heterocycles. The smallest absolute Gasteiger partial charge is 0.418 e. The molecule has 0 saturated carbocycles. The number of carbonyl (C=O) groups is 1. The molecule has 0 aliphatic heterocycles. The summed E-state index contributed by atoms with van der Waals surface area (Å²) in [4.78, 5) is 38.6. The van der Waals surface area contributed by atoms with Gasteiger partial charge in [0.25, 0.3) is 5.91 Å². The first-order chi connectivity index (χ1) is 14.2. The van der Waals surface area contributed by atoms with Crippen molar-refractivity contribution in [1.82, 2.24) is 24.5 Å². The van der Waals surface area contributed by atoms with Crippen LogP contribution in [0.4, 0.5) is 13.2 Å². The number of primary amides is 1. The van der Waals surface area contributed by atoms with Gasteiger partial charge in [-0.3, -0.25) is 4.79 Å². The molecule has 0 bridgehead atoms. The molecule has 9 nitrogen and oxygen atoms in total. The Morgan fingerprint density at radius 3 is 2.50 bits per heavy atom. The van der Waals surface area contributed by atoms with Crippen LogP contribution in [0.1, 0.15) is 16.1 Å². The van der Waals surface area contributed by atoms with E-state index in [0.717, 1.165) is 12.1 Å². The normalized spacial score (nSPS) is 11.7. The quantitative estimate of drug-likeness (QED) is 0.467. The Hall–Kier alpha value is -4.22. The van der Waals surface area contributed by atoms with E-state index >= 15 is 0 Å². The first-order valence-corrected chi connectivity index (χ1v) is 8.31. The molecule has 0 radical (unpaired) electrons. The van der Waals surface area contributed by atoms with E-state index in [2.05, 4.69) is 19.9 Å². The molecule has 1 aromatic carbocycles. The minimum Gasteiger partial charge on any atom is -0.493 e. The van der Waals surface area contributed by atoms with Gasteiger partial charge >= 0.3 is 11.9 Å². The van der Waals surface area contributed by atoms with Crippen LogP contribution in [-0.2, 0) is 6.18 Å². The number of imidazole rings is 1. The molecule has 152 valence electrons. The number of amides is 1. The molecule has 30 heavy (non-hydrogen) atoms. The number of alkyl halides is 3. The number of halogens is 3. The van der Waals surface area contributed by atoms with Gasteiger partial charge in [0.15, 0.2) is 17.2 Å². The molecule has 0 saturated heterocycles. The number of rotatable bonds is 3. The summed E-state index contributed by atoms with van der Waals surface area (Å²) in [5, 5.41) is 9.34. The summed E-state index contributed by atoms with van der Waals surface area (Å²) in [6.45, 7) is 0. The van der Waals surface area contributed by atoms with E-state index in [-0.39, 0.29) is 34.1 Å². The van der Waals surface area contributed by atoms with Crippen molar-refractivity contribution in [1.29, 1.82) is 0 Å². The predicted octanol–water partition coefficient (Wildman–Crippen LogP) is 1.99. The SMILES string of the molecule is NC(=O)c1nc(-c2ccc(O)nc2)nc2c1[nH]c(=O)n2-c1ccccc1C(F)(F)F. The second-order valence-electron chi connectivity index (χ2n) is 6.14. The van der Waals surface area contributed by atoms with Crippen LogP contribution in [0.5, 0.6) is 5.88 Å². The van der Waals surface area contributed by atoms with Gasteiger partial charge in [0.05, 0.1) is 11.3 Å². The molecule has 12 heteroatoms. The fourth-order valence-electron chi connectivity index (χ4n) is 2.94. The van der Waals surface area contributed by atoms with Gasteiger partial charge < -0.3 is 15.8 Å². The third kappa shape index (κ3) is 3.13. The van der Waals surface area contributed by atoms with Crippen LogP contribution in [0.15, 0.2) is 47.4 Å². The zero-order chi connectivity index (χ0) is 21.6. The lowest BCUT2D eigenvalue weighted by atomic mass is 10.1. The third-order valence-corrected chi connectivity index (χ3v) is 4.23. The Labute approximate surface area is 164 Å². The molecule has 0 atom stereocenters. The van der Waals surface area contributed by atoms with Crippen molar-refractivity contribution >= 4 is 17.1 Å². The summed E-state index contributed by atoms with van der Waals surface area (Å²) < 4.78 is 41.2. The number of carbonyl (C=O) groups excluding carboxylic acids is 1. The number of nitrogens with two attached hydrogens (primary N) is 1. The molecular formula is C18H11F3N6O3. The van der Waals surface area contributed by atoms with Crippen molar-refractivity contribution in [2.45, 2.75) is 6.18 Å². The second-order valence-corrected chi connectivity index (χ2v) is 6.14. The maximum Gasteiger partial charge on any atom is 0.418 e. The van der Waals surface area contributed by atoms with Crippen LogP contribution < -0.4 is 11.4 Å². The topological polar surface area (TPSA) is 140 Å². The van der Waals surface area contributed by atoms with Crippen molar-refractivity contribution < 1.29 is 23.1 Å². The van der Waals surface area contributed by atoms with Crippen LogP contribution in [0.2, 0.25) is 0 Å². The van der Waals surface area contributed by atoms with Gasteiger partial charge in [-0.25, -0.2) is 24.3 Å². The molecule has 0 aliphatic carbocycles. The summed E-state index contributed by atoms with van der Waals surface area (Å²) in [6.07, 6.45) is -3.55. The van der Waals surface area contributed by atoms with Crippen LogP contribution in [0, 0.1) is 0 Å². The van der Waals surface area contributed by atoms with E-state index in [1.807, 2.05) is 0 Å². The second kappa shape index (κ2) is 6.69. The zero-order valence-corrected chi connectivity index (χ0v) is 14.8. The first-order valence-electron chi connectivity index (χ1n) is 8.31. The first kappa shape index (κ1) is 19.1. The number of H-pyrrole nitrogens is 1. The molecule has 3 heterocycles. The van der Waals surface area contributed by atoms with E-state index in [0.29, 0.717) is 4.57 Å². The molecule has 0 aliphatic rings. The number of benzene rings is 1. The molecule has 1 amide bonds. The number of aromatic amines is 1. The van der Waals surface area contributed by atoms with Crippen molar-refractivity contribution in [2.24, 2.45) is 5.73 Å². The van der Waals surface area contributed by atoms with Crippen molar-refractivity contribution in [3.63, 3.8) is 0 Å². The van der Waals surface area contributed by atoms with Gasteiger partial charge in [0.1, 0.15) is 5.52 Å². The van der Waals surface area contributed by atoms with Crippen molar-refractivity contribution in [3.05, 3.63) is 64.3 Å². The van der Waals surface area contributed by atoms with E-state index in [1.165, 1.54) is 30.5 Å². The number of hydrogen-bond donors (Lipinski definition) is 3. The number of nitrogens with one attached hydrogen (secondary N) is 1. The largest absolute Gasteiger partial charge is 0.493 e. The fraction of sp³-hybridized carbons (Fsp3) is 0.0556. The highest BCUT2D eigenvalue weighted by atomic mass is 19.4. The number of fused-ring (bicyclic) bond motifs is 1. The Bertz CT molecular complexity index is 1340. The van der Waals surface area contributed by atoms with Crippen LogP contribution >= 0.6 is 0 Å². The molecular weight excluding hydrogens is 405 g/mol. The molecule has 4 aromatic rings. The number of aromatic hydroxyl groups is 1. The standard InChI is InChI=1S/C18H11F3N6O3/c19-18(20,21)9-3-1-2-4-10(9)27-16-13(25-17(27)30)12(14(22)29)24-15(26-16)8-5-6-11(28)23-7-8/h1-7H,(H2,22,29)(H,23,28)(H,25,30). The number of nitrogens with zero attached hydrogens (tertiary/aromatic N) is 4.